The van der Waals surface area contributed by atoms with Gasteiger partial charge in [0.2, 0.25) is 0 Å². The summed E-state index contributed by atoms with van der Waals surface area (Å²) >= 11 is 3.35. The highest BCUT2D eigenvalue weighted by molar-refractivity contribution is 9.10. The van der Waals surface area contributed by atoms with E-state index in [1.807, 2.05) is 36.4 Å². The van der Waals surface area contributed by atoms with Gasteiger partial charge in [0.1, 0.15) is 6.33 Å². The minimum Gasteiger partial charge on any atom is -0.399 e. The standard InChI is InChI=1S/C13H10BrN5/c14-10-4-5-12(16-7-10)19-8-17-13(18-19)9-2-1-3-11(15)6-9/h1-8H,15H2. The molecular weight excluding hydrogens is 306 g/mol. The van der Waals surface area contributed by atoms with Gasteiger partial charge in [0.05, 0.1) is 0 Å². The van der Waals surface area contributed by atoms with Crippen LogP contribution in [0.5, 0.6) is 0 Å². The van der Waals surface area contributed by atoms with E-state index in [-0.39, 0.29) is 0 Å². The highest BCUT2D eigenvalue weighted by atomic mass is 79.9. The van der Waals surface area contributed by atoms with E-state index in [0.29, 0.717) is 17.3 Å². The third-order valence-electron chi connectivity index (χ3n) is 2.58. The second-order valence-corrected chi connectivity index (χ2v) is 4.89. The van der Waals surface area contributed by atoms with E-state index < -0.39 is 0 Å². The van der Waals surface area contributed by atoms with Crippen molar-refractivity contribution in [3.8, 4) is 17.2 Å². The molecule has 0 aliphatic heterocycles. The lowest BCUT2D eigenvalue weighted by molar-refractivity contribution is 0.847. The van der Waals surface area contributed by atoms with E-state index in [2.05, 4.69) is 31.0 Å². The van der Waals surface area contributed by atoms with Crippen molar-refractivity contribution in [1.82, 2.24) is 19.7 Å². The number of benzene rings is 1. The number of pyridine rings is 1. The number of hydrogen-bond acceptors (Lipinski definition) is 4. The van der Waals surface area contributed by atoms with Crippen molar-refractivity contribution in [2.24, 2.45) is 0 Å². The molecule has 5 nitrogen and oxygen atoms in total. The number of anilines is 1. The van der Waals surface area contributed by atoms with Crippen molar-refractivity contribution in [3.63, 3.8) is 0 Å². The first-order valence-corrected chi connectivity index (χ1v) is 6.41. The van der Waals surface area contributed by atoms with Crippen LogP contribution in [0.3, 0.4) is 0 Å². The molecule has 0 aliphatic rings. The summed E-state index contributed by atoms with van der Waals surface area (Å²) in [6.07, 6.45) is 3.35. The Morgan fingerprint density at radius 3 is 2.74 bits per heavy atom. The van der Waals surface area contributed by atoms with Crippen LogP contribution in [0.2, 0.25) is 0 Å². The minimum absolute atomic E-state index is 0.622. The number of nitrogen functional groups attached to an aromatic ring is 1. The molecule has 2 heterocycles. The molecule has 2 N–H and O–H groups in total. The molecule has 1 aromatic carbocycles. The second kappa shape index (κ2) is 4.81. The molecule has 6 heteroatoms. The van der Waals surface area contributed by atoms with Crippen molar-refractivity contribution in [2.45, 2.75) is 0 Å². The Labute approximate surface area is 118 Å². The molecule has 0 saturated carbocycles. The summed E-state index contributed by atoms with van der Waals surface area (Å²) in [6.45, 7) is 0. The monoisotopic (exact) mass is 315 g/mol. The van der Waals surface area contributed by atoms with Gasteiger partial charge in [-0.1, -0.05) is 12.1 Å². The van der Waals surface area contributed by atoms with Crippen LogP contribution in [0.25, 0.3) is 17.2 Å². The molecular formula is C13H10BrN5. The Balaban J connectivity index is 1.97. The van der Waals surface area contributed by atoms with Gasteiger partial charge in [0.15, 0.2) is 11.6 Å². The topological polar surface area (TPSA) is 69.6 Å². The number of rotatable bonds is 2. The van der Waals surface area contributed by atoms with Gasteiger partial charge >= 0.3 is 0 Å². The van der Waals surface area contributed by atoms with Crippen LogP contribution in [0.1, 0.15) is 0 Å². The van der Waals surface area contributed by atoms with Crippen molar-refractivity contribution in [1.29, 1.82) is 0 Å². The number of nitrogens with zero attached hydrogens (tertiary/aromatic N) is 4. The van der Waals surface area contributed by atoms with Crippen molar-refractivity contribution >= 4 is 21.6 Å². The first-order valence-electron chi connectivity index (χ1n) is 5.62. The van der Waals surface area contributed by atoms with Gasteiger partial charge in [0.25, 0.3) is 0 Å². The fourth-order valence-corrected chi connectivity index (χ4v) is 1.92. The van der Waals surface area contributed by atoms with Crippen LogP contribution in [0, 0.1) is 0 Å². The zero-order chi connectivity index (χ0) is 13.2. The molecule has 0 radical (unpaired) electrons. The largest absolute Gasteiger partial charge is 0.399 e. The molecule has 94 valence electrons. The summed E-state index contributed by atoms with van der Waals surface area (Å²) in [7, 11) is 0. The smallest absolute Gasteiger partial charge is 0.181 e. The van der Waals surface area contributed by atoms with Crippen LogP contribution >= 0.6 is 15.9 Å². The summed E-state index contributed by atoms with van der Waals surface area (Å²) in [4.78, 5) is 8.53. The molecule has 0 spiro atoms. The quantitative estimate of drug-likeness (QED) is 0.738. The normalized spacial score (nSPS) is 10.6. The predicted octanol–water partition coefficient (Wildman–Crippen LogP) is 2.67. The van der Waals surface area contributed by atoms with Crippen molar-refractivity contribution in [2.75, 3.05) is 5.73 Å². The van der Waals surface area contributed by atoms with Gasteiger partial charge in [-0.2, -0.15) is 0 Å². The summed E-state index contributed by atoms with van der Waals surface area (Å²) in [5, 5.41) is 4.39. The fraction of sp³-hybridized carbons (Fsp3) is 0. The van der Waals surface area contributed by atoms with Gasteiger partial charge in [-0.25, -0.2) is 14.6 Å². The van der Waals surface area contributed by atoms with Crippen LogP contribution in [0.15, 0.2) is 53.4 Å². The Morgan fingerprint density at radius 1 is 1.11 bits per heavy atom. The summed E-state index contributed by atoms with van der Waals surface area (Å²) in [5.41, 5.74) is 7.33. The zero-order valence-electron chi connectivity index (χ0n) is 9.86. The Morgan fingerprint density at radius 2 is 2.00 bits per heavy atom. The maximum Gasteiger partial charge on any atom is 0.181 e. The lowest BCUT2D eigenvalue weighted by atomic mass is 10.2. The number of halogens is 1. The van der Waals surface area contributed by atoms with E-state index in [1.165, 1.54) is 0 Å². The van der Waals surface area contributed by atoms with Gasteiger partial charge < -0.3 is 5.73 Å². The minimum atomic E-state index is 0.622. The number of nitrogens with two attached hydrogens (primary N) is 1. The first kappa shape index (κ1) is 11.9. The number of hydrogen-bond donors (Lipinski definition) is 1. The van der Waals surface area contributed by atoms with E-state index >= 15 is 0 Å². The van der Waals surface area contributed by atoms with E-state index in [9.17, 15) is 0 Å². The molecule has 3 rings (SSSR count). The Hall–Kier alpha value is -2.21. The van der Waals surface area contributed by atoms with Gasteiger partial charge in [-0.3, -0.25) is 0 Å². The van der Waals surface area contributed by atoms with Gasteiger partial charge in [-0.15, -0.1) is 5.10 Å². The molecule has 0 amide bonds. The molecule has 3 aromatic rings. The maximum atomic E-state index is 5.75. The van der Waals surface area contributed by atoms with Crippen LogP contribution in [0.4, 0.5) is 5.69 Å². The molecule has 0 aliphatic carbocycles. The Bertz CT molecular complexity index is 705. The second-order valence-electron chi connectivity index (χ2n) is 3.97. The summed E-state index contributed by atoms with van der Waals surface area (Å²) in [5.74, 6) is 1.34. The highest BCUT2D eigenvalue weighted by Crippen LogP contribution is 2.18. The average Bonchev–Trinajstić information content (AvgIpc) is 2.89. The summed E-state index contributed by atoms with van der Waals surface area (Å²) < 4.78 is 2.55. The van der Waals surface area contributed by atoms with Crippen molar-refractivity contribution < 1.29 is 0 Å². The predicted molar refractivity (Wildman–Crippen MR) is 76.7 cm³/mol. The zero-order valence-corrected chi connectivity index (χ0v) is 11.4. The van der Waals surface area contributed by atoms with Gasteiger partial charge in [0, 0.05) is 21.9 Å². The van der Waals surface area contributed by atoms with Crippen LogP contribution < -0.4 is 5.73 Å². The SMILES string of the molecule is Nc1cccc(-c2ncn(-c3ccc(Br)cn3)n2)c1. The molecule has 0 unspecified atom stereocenters. The molecule has 0 bridgehead atoms. The first-order chi connectivity index (χ1) is 9.22. The number of aromatic nitrogens is 4. The molecule has 0 saturated heterocycles. The lowest BCUT2D eigenvalue weighted by Gasteiger charge is -1.99. The van der Waals surface area contributed by atoms with Crippen LogP contribution in [-0.4, -0.2) is 19.7 Å². The van der Waals surface area contributed by atoms with Crippen LogP contribution in [-0.2, 0) is 0 Å². The summed E-state index contributed by atoms with van der Waals surface area (Å²) in [6, 6.07) is 11.2. The Kier molecular flexibility index (Phi) is 3.00. The average molecular weight is 316 g/mol. The lowest BCUT2D eigenvalue weighted by Crippen LogP contribution is -1.97. The molecule has 0 atom stereocenters. The molecule has 19 heavy (non-hydrogen) atoms. The molecule has 0 fully saturated rings. The fourth-order valence-electron chi connectivity index (χ4n) is 1.69. The maximum absolute atomic E-state index is 5.75. The van der Waals surface area contributed by atoms with E-state index in [0.717, 1.165) is 10.0 Å². The van der Waals surface area contributed by atoms with E-state index in [4.69, 9.17) is 5.73 Å². The van der Waals surface area contributed by atoms with Gasteiger partial charge in [-0.05, 0) is 40.2 Å². The third kappa shape index (κ3) is 2.48. The molecule has 2 aromatic heterocycles. The van der Waals surface area contributed by atoms with E-state index in [1.54, 1.807) is 17.2 Å². The third-order valence-corrected chi connectivity index (χ3v) is 3.05. The van der Waals surface area contributed by atoms with Crippen molar-refractivity contribution in [3.05, 3.63) is 53.4 Å². The highest BCUT2D eigenvalue weighted by Gasteiger charge is 2.06.